The molecule has 0 aliphatic rings. The molecular formula is C61H109N2O6P. The highest BCUT2D eigenvalue weighted by atomic mass is 31.2. The van der Waals surface area contributed by atoms with Crippen molar-refractivity contribution in [1.29, 1.82) is 0 Å². The van der Waals surface area contributed by atoms with E-state index in [-0.39, 0.29) is 19.1 Å². The maximum atomic E-state index is 13.0. The number of quaternary nitrogens is 1. The topological polar surface area (TPSA) is 108 Å². The number of likely N-dealkylation sites (N-methyl/N-ethyl adjacent to an activating group) is 1. The van der Waals surface area contributed by atoms with Gasteiger partial charge >= 0.3 is 0 Å². The van der Waals surface area contributed by atoms with Gasteiger partial charge in [-0.05, 0) is 77.0 Å². The second-order valence-corrected chi connectivity index (χ2v) is 21.7. The molecular weight excluding hydrogens is 888 g/mol. The SMILES string of the molecule is CC/C=C\C/C=C\C/C=C\C/C=C\C/C=C\C/C=C\C/C=C\C/C=C\CCCCCCC(=O)NC(COP(=O)([O-])OCC[N+](C)(C)C)C(O)CCCCCCCCCCCCCCCCCCCCC. The molecule has 0 aliphatic carbocycles. The van der Waals surface area contributed by atoms with Crippen molar-refractivity contribution in [2.75, 3.05) is 40.9 Å². The summed E-state index contributed by atoms with van der Waals surface area (Å²) in [5, 5.41) is 14.0. The van der Waals surface area contributed by atoms with Gasteiger partial charge in [-0.1, -0.05) is 246 Å². The molecule has 0 aromatic heterocycles. The Kier molecular flexibility index (Phi) is 49.4. The summed E-state index contributed by atoms with van der Waals surface area (Å²) in [6.45, 7) is 4.59. The molecule has 0 aromatic carbocycles. The van der Waals surface area contributed by atoms with Crippen LogP contribution in [0.2, 0.25) is 0 Å². The third-order valence-electron chi connectivity index (χ3n) is 12.3. The lowest BCUT2D eigenvalue weighted by Gasteiger charge is -2.30. The molecule has 0 saturated carbocycles. The molecule has 0 fully saturated rings. The van der Waals surface area contributed by atoms with Crippen LogP contribution in [0.15, 0.2) is 97.2 Å². The average Bonchev–Trinajstić information content (AvgIpc) is 3.32. The first kappa shape index (κ1) is 67.4. The number of allylic oxidation sites excluding steroid dienone is 16. The van der Waals surface area contributed by atoms with E-state index in [0.717, 1.165) is 103 Å². The number of rotatable bonds is 51. The number of carbonyl (C=O) groups excluding carboxylic acids is 1. The minimum Gasteiger partial charge on any atom is -0.756 e. The monoisotopic (exact) mass is 997 g/mol. The van der Waals surface area contributed by atoms with E-state index in [0.29, 0.717) is 23.9 Å². The summed E-state index contributed by atoms with van der Waals surface area (Å²) in [7, 11) is 1.27. The van der Waals surface area contributed by atoms with Crippen molar-refractivity contribution in [2.24, 2.45) is 0 Å². The molecule has 0 heterocycles. The second-order valence-electron chi connectivity index (χ2n) is 20.3. The maximum Gasteiger partial charge on any atom is 0.268 e. The van der Waals surface area contributed by atoms with Crippen molar-refractivity contribution in [1.82, 2.24) is 5.32 Å². The maximum absolute atomic E-state index is 13.0. The highest BCUT2D eigenvalue weighted by molar-refractivity contribution is 7.45. The zero-order valence-corrected chi connectivity index (χ0v) is 46.8. The number of amides is 1. The predicted molar refractivity (Wildman–Crippen MR) is 302 cm³/mol. The molecule has 9 heteroatoms. The van der Waals surface area contributed by atoms with Crippen LogP contribution in [0.5, 0.6) is 0 Å². The number of phosphoric ester groups is 1. The third kappa shape index (κ3) is 53.2. The Labute approximate surface area is 432 Å². The fourth-order valence-corrected chi connectivity index (χ4v) is 8.60. The van der Waals surface area contributed by atoms with Gasteiger partial charge in [-0.3, -0.25) is 9.36 Å². The Morgan fingerprint density at radius 2 is 0.871 bits per heavy atom. The molecule has 0 radical (unpaired) electrons. The van der Waals surface area contributed by atoms with Crippen LogP contribution in [0.4, 0.5) is 0 Å². The molecule has 2 N–H and O–H groups in total. The van der Waals surface area contributed by atoms with Crippen LogP contribution >= 0.6 is 7.82 Å². The summed E-state index contributed by atoms with van der Waals surface area (Å²) in [6, 6.07) is -0.822. The molecule has 70 heavy (non-hydrogen) atoms. The van der Waals surface area contributed by atoms with E-state index < -0.39 is 20.0 Å². The van der Waals surface area contributed by atoms with Gasteiger partial charge in [0.2, 0.25) is 5.91 Å². The average molecular weight is 998 g/mol. The van der Waals surface area contributed by atoms with Crippen molar-refractivity contribution in [3.63, 3.8) is 0 Å². The molecule has 8 nitrogen and oxygen atoms in total. The summed E-state index contributed by atoms with van der Waals surface area (Å²) >= 11 is 0. The molecule has 3 atom stereocenters. The largest absolute Gasteiger partial charge is 0.756 e. The Morgan fingerprint density at radius 3 is 1.27 bits per heavy atom. The summed E-state index contributed by atoms with van der Waals surface area (Å²) in [5.74, 6) is -0.191. The normalized spacial score (nSPS) is 14.7. The summed E-state index contributed by atoms with van der Waals surface area (Å²) in [6.07, 6.45) is 72.9. The first-order chi connectivity index (χ1) is 34.0. The van der Waals surface area contributed by atoms with Gasteiger partial charge in [0, 0.05) is 6.42 Å². The lowest BCUT2D eigenvalue weighted by atomic mass is 10.0. The number of hydrogen-bond acceptors (Lipinski definition) is 6. The first-order valence-corrected chi connectivity index (χ1v) is 30.0. The van der Waals surface area contributed by atoms with Crippen molar-refractivity contribution in [2.45, 2.75) is 244 Å². The van der Waals surface area contributed by atoms with E-state index in [1.807, 2.05) is 21.1 Å². The van der Waals surface area contributed by atoms with E-state index in [1.54, 1.807) is 0 Å². The van der Waals surface area contributed by atoms with E-state index in [9.17, 15) is 19.4 Å². The number of hydrogen-bond donors (Lipinski definition) is 2. The lowest BCUT2D eigenvalue weighted by Crippen LogP contribution is -2.46. The standard InChI is InChI=1S/C61H109N2O6P/c1-6-8-10-12-14-16-18-20-22-24-26-27-28-29-30-31-32-33-34-35-37-39-41-43-45-47-49-51-53-55-61(65)62-59(58-69-70(66,67)68-57-56-63(3,4)5)60(64)54-52-50-48-46-44-42-40-38-36-25-23-21-19-17-15-13-11-9-7-2/h8,10,14,16,20,22,26-27,29-30,32-33,35,37,41,43,59-60,64H,6-7,9,11-13,15,17-19,21,23-25,28,31,34,36,38-40,42,44-58H2,1-5H3,(H-,62,65,66,67)/b10-8-,16-14-,22-20-,27-26-,30-29-,33-32-,37-35-,43-41-. The highest BCUT2D eigenvalue weighted by Gasteiger charge is 2.24. The first-order valence-electron chi connectivity index (χ1n) is 28.6. The molecule has 0 bridgehead atoms. The van der Waals surface area contributed by atoms with E-state index in [1.165, 1.54) is 103 Å². The third-order valence-corrected chi connectivity index (χ3v) is 13.3. The molecule has 0 saturated heterocycles. The van der Waals surface area contributed by atoms with E-state index in [4.69, 9.17) is 9.05 Å². The fraction of sp³-hybridized carbons (Fsp3) is 0.721. The minimum absolute atomic E-state index is 0.00177. The Hall–Kier alpha value is -2.58. The van der Waals surface area contributed by atoms with E-state index in [2.05, 4.69) is 116 Å². The van der Waals surface area contributed by atoms with Crippen LogP contribution < -0.4 is 10.2 Å². The minimum atomic E-state index is -4.59. The molecule has 0 aliphatic heterocycles. The van der Waals surface area contributed by atoms with Gasteiger partial charge < -0.3 is 28.8 Å². The second kappa shape index (κ2) is 51.3. The van der Waals surface area contributed by atoms with Gasteiger partial charge in [0.15, 0.2) is 0 Å². The van der Waals surface area contributed by atoms with Crippen LogP contribution in [0.1, 0.15) is 232 Å². The van der Waals surface area contributed by atoms with Crippen molar-refractivity contribution in [3.05, 3.63) is 97.2 Å². The van der Waals surface area contributed by atoms with Gasteiger partial charge in [-0.2, -0.15) is 0 Å². The zero-order chi connectivity index (χ0) is 51.3. The Bertz CT molecular complexity index is 1460. The van der Waals surface area contributed by atoms with Crippen LogP contribution in [-0.2, 0) is 18.4 Å². The van der Waals surface area contributed by atoms with Crippen LogP contribution in [0.25, 0.3) is 0 Å². The van der Waals surface area contributed by atoms with Gasteiger partial charge in [-0.25, -0.2) is 0 Å². The highest BCUT2D eigenvalue weighted by Crippen LogP contribution is 2.38. The van der Waals surface area contributed by atoms with Gasteiger partial charge in [0.1, 0.15) is 13.2 Å². The smallest absolute Gasteiger partial charge is 0.268 e. The van der Waals surface area contributed by atoms with E-state index >= 15 is 0 Å². The van der Waals surface area contributed by atoms with Crippen LogP contribution in [0.3, 0.4) is 0 Å². The summed E-state index contributed by atoms with van der Waals surface area (Å²) in [5.41, 5.74) is 0. The zero-order valence-electron chi connectivity index (χ0n) is 45.9. The number of nitrogens with one attached hydrogen (secondary N) is 1. The number of phosphoric acid groups is 1. The number of carbonyl (C=O) groups is 1. The van der Waals surface area contributed by atoms with Gasteiger partial charge in [0.05, 0.1) is 39.9 Å². The number of aliphatic hydroxyl groups excluding tert-OH is 1. The molecule has 404 valence electrons. The Balaban J connectivity index is 4.28. The van der Waals surface area contributed by atoms with Gasteiger partial charge in [0.25, 0.3) is 7.82 Å². The number of aliphatic hydroxyl groups is 1. The molecule has 3 unspecified atom stereocenters. The number of unbranched alkanes of at least 4 members (excludes halogenated alkanes) is 22. The molecule has 0 rings (SSSR count). The molecule has 0 spiro atoms. The van der Waals surface area contributed by atoms with Crippen molar-refractivity contribution >= 4 is 13.7 Å². The fourth-order valence-electron chi connectivity index (χ4n) is 7.88. The summed E-state index contributed by atoms with van der Waals surface area (Å²) in [4.78, 5) is 25.5. The van der Waals surface area contributed by atoms with Crippen molar-refractivity contribution in [3.8, 4) is 0 Å². The Morgan fingerprint density at radius 1 is 0.514 bits per heavy atom. The summed E-state index contributed by atoms with van der Waals surface area (Å²) < 4.78 is 23.4. The quantitative estimate of drug-likeness (QED) is 0.0272. The van der Waals surface area contributed by atoms with Crippen LogP contribution in [-0.4, -0.2) is 68.5 Å². The lowest BCUT2D eigenvalue weighted by molar-refractivity contribution is -0.870. The van der Waals surface area contributed by atoms with Crippen LogP contribution in [0, 0.1) is 0 Å². The number of nitrogens with zero attached hydrogens (tertiary/aromatic N) is 1. The van der Waals surface area contributed by atoms with Gasteiger partial charge in [-0.15, -0.1) is 0 Å². The predicted octanol–water partition coefficient (Wildman–Crippen LogP) is 16.8. The molecule has 1 amide bonds. The molecule has 0 aromatic rings. The van der Waals surface area contributed by atoms with Crippen molar-refractivity contribution < 1.29 is 32.9 Å².